The smallest absolute Gasteiger partial charge is 0.407 e. The van der Waals surface area contributed by atoms with Gasteiger partial charge in [0.1, 0.15) is 24.1 Å². The van der Waals surface area contributed by atoms with E-state index in [1.165, 1.54) is 28.6 Å². The van der Waals surface area contributed by atoms with Gasteiger partial charge in [-0.3, -0.25) is 9.36 Å². The summed E-state index contributed by atoms with van der Waals surface area (Å²) in [7, 11) is 0. The van der Waals surface area contributed by atoms with Gasteiger partial charge in [0.05, 0.1) is 0 Å². The van der Waals surface area contributed by atoms with E-state index in [1.807, 2.05) is 6.08 Å². The number of hydrogen-bond acceptors (Lipinski definition) is 8. The topological polar surface area (TPSA) is 138 Å². The molecule has 2 heterocycles. The van der Waals surface area contributed by atoms with Crippen molar-refractivity contribution in [2.75, 3.05) is 31.2 Å². The van der Waals surface area contributed by atoms with Crippen molar-refractivity contribution in [2.24, 2.45) is 0 Å². The van der Waals surface area contributed by atoms with Gasteiger partial charge in [0, 0.05) is 31.5 Å². The van der Waals surface area contributed by atoms with E-state index in [-0.39, 0.29) is 24.9 Å². The van der Waals surface area contributed by atoms with Crippen LogP contribution in [0.3, 0.4) is 0 Å². The van der Waals surface area contributed by atoms with Crippen molar-refractivity contribution in [3.05, 3.63) is 95.7 Å². The molecule has 0 saturated carbocycles. The minimum absolute atomic E-state index is 0.0302. The first kappa shape index (κ1) is 36.4. The predicted octanol–water partition coefficient (Wildman–Crippen LogP) is 5.73. The molecule has 0 bridgehead atoms. The van der Waals surface area contributed by atoms with Crippen LogP contribution in [-0.4, -0.2) is 52.4 Å². The third kappa shape index (κ3) is 17.3. The lowest BCUT2D eigenvalue weighted by atomic mass is 10.2. The number of allylic oxidation sites excluding steroid dienone is 12. The molecule has 0 unspecified atom stereocenters. The molecule has 44 heavy (non-hydrogen) atoms. The quantitative estimate of drug-likeness (QED) is 0.123. The Labute approximate surface area is 265 Å². The van der Waals surface area contributed by atoms with Crippen LogP contribution in [0.15, 0.2) is 90.0 Å². The van der Waals surface area contributed by atoms with E-state index in [0.717, 1.165) is 38.5 Å². The van der Waals surface area contributed by atoms with E-state index in [0.29, 0.717) is 25.1 Å². The highest BCUT2D eigenvalue weighted by Crippen LogP contribution is 2.31. The summed E-state index contributed by atoms with van der Waals surface area (Å²) in [5.41, 5.74) is 4.62. The lowest BCUT2D eigenvalue weighted by Crippen LogP contribution is -2.35. The van der Waals surface area contributed by atoms with Crippen LogP contribution in [0.4, 0.5) is 10.6 Å². The lowest BCUT2D eigenvalue weighted by molar-refractivity contribution is -0.120. The van der Waals surface area contributed by atoms with Crippen LogP contribution >= 0.6 is 11.8 Å². The first-order valence-electron chi connectivity index (χ1n) is 15.2. The van der Waals surface area contributed by atoms with Gasteiger partial charge in [0.25, 0.3) is 0 Å². The van der Waals surface area contributed by atoms with Crippen molar-refractivity contribution >= 4 is 29.6 Å². The average Bonchev–Trinajstić information content (AvgIpc) is 3.48. The zero-order valence-corrected chi connectivity index (χ0v) is 26.5. The molecule has 0 aliphatic carbocycles. The Kier molecular flexibility index (Phi) is 19.5. The molecular formula is C33H47N5O5S. The Hall–Kier alpha value is -3.83. The zero-order chi connectivity index (χ0) is 31.7. The number of nitrogens with zero attached hydrogens (tertiary/aromatic N) is 2. The highest BCUT2D eigenvalue weighted by molar-refractivity contribution is 8.00. The third-order valence-corrected chi connectivity index (χ3v) is 7.19. The Bertz CT molecular complexity index is 1220. The van der Waals surface area contributed by atoms with Crippen LogP contribution in [0.25, 0.3) is 0 Å². The Balaban J connectivity index is 1.41. The monoisotopic (exact) mass is 625 g/mol. The van der Waals surface area contributed by atoms with E-state index >= 15 is 0 Å². The molecule has 0 aromatic carbocycles. The molecule has 1 saturated heterocycles. The first-order chi connectivity index (χ1) is 21.5. The van der Waals surface area contributed by atoms with Crippen molar-refractivity contribution < 1.29 is 19.1 Å². The van der Waals surface area contributed by atoms with Gasteiger partial charge >= 0.3 is 11.8 Å². The average molecular weight is 626 g/mol. The molecule has 2 rings (SSSR count). The SMILES string of the molecule is CC/C=C\C/C=C\C/C=C\C/C=C\C/C=C\C/C=C\CCC(=O)NCCNC(=O)OC[C@@H]1O[C@H](n2ccc(N)nc2=O)CS1. The highest BCUT2D eigenvalue weighted by atomic mass is 32.2. The Morgan fingerprint density at radius 3 is 2.11 bits per heavy atom. The number of hydrogen-bond donors (Lipinski definition) is 3. The van der Waals surface area contributed by atoms with Crippen LogP contribution in [-0.2, 0) is 14.3 Å². The van der Waals surface area contributed by atoms with E-state index in [1.54, 1.807) is 0 Å². The lowest BCUT2D eigenvalue weighted by Gasteiger charge is -2.15. The molecule has 2 amide bonds. The molecule has 10 nitrogen and oxygen atoms in total. The van der Waals surface area contributed by atoms with E-state index in [4.69, 9.17) is 15.2 Å². The van der Waals surface area contributed by atoms with E-state index < -0.39 is 23.4 Å². The number of amides is 2. The van der Waals surface area contributed by atoms with E-state index in [2.05, 4.69) is 89.4 Å². The third-order valence-electron chi connectivity index (χ3n) is 6.10. The van der Waals surface area contributed by atoms with Gasteiger partial charge in [-0.25, -0.2) is 9.59 Å². The number of carbonyl (C=O) groups excluding carboxylic acids is 2. The highest BCUT2D eigenvalue weighted by Gasteiger charge is 2.29. The number of alkyl carbamates (subject to hydrolysis) is 1. The number of carbonyl (C=O) groups is 2. The van der Waals surface area contributed by atoms with Crippen LogP contribution in [0, 0.1) is 0 Å². The van der Waals surface area contributed by atoms with Gasteiger partial charge in [-0.15, -0.1) is 11.8 Å². The van der Waals surface area contributed by atoms with Crippen molar-refractivity contribution in [1.29, 1.82) is 0 Å². The number of ether oxygens (including phenoxy) is 2. The second-order valence-electron chi connectivity index (χ2n) is 9.72. The Morgan fingerprint density at radius 2 is 1.52 bits per heavy atom. The van der Waals surface area contributed by atoms with Crippen molar-refractivity contribution in [3.63, 3.8) is 0 Å². The first-order valence-corrected chi connectivity index (χ1v) is 16.2. The second-order valence-corrected chi connectivity index (χ2v) is 10.9. The summed E-state index contributed by atoms with van der Waals surface area (Å²) >= 11 is 1.43. The molecule has 0 radical (unpaired) electrons. The molecule has 2 atom stereocenters. The maximum Gasteiger partial charge on any atom is 0.407 e. The molecule has 4 N–H and O–H groups in total. The fraction of sp³-hybridized carbons (Fsp3) is 0.455. The summed E-state index contributed by atoms with van der Waals surface area (Å²) in [6.07, 6.45) is 33.1. The fourth-order valence-corrected chi connectivity index (χ4v) is 4.81. The largest absolute Gasteiger partial charge is 0.446 e. The van der Waals surface area contributed by atoms with Gasteiger partial charge in [-0.1, -0.05) is 79.8 Å². The molecule has 240 valence electrons. The minimum atomic E-state index is -0.601. The Morgan fingerprint density at radius 1 is 0.955 bits per heavy atom. The van der Waals surface area contributed by atoms with Crippen LogP contribution in [0.1, 0.15) is 64.5 Å². The summed E-state index contributed by atoms with van der Waals surface area (Å²) in [5, 5.41) is 5.37. The van der Waals surface area contributed by atoms with Crippen molar-refractivity contribution in [1.82, 2.24) is 20.2 Å². The zero-order valence-electron chi connectivity index (χ0n) is 25.6. The maximum absolute atomic E-state index is 12.0. The second kappa shape index (κ2) is 23.6. The van der Waals surface area contributed by atoms with Crippen molar-refractivity contribution in [3.8, 4) is 0 Å². The van der Waals surface area contributed by atoms with Crippen molar-refractivity contribution in [2.45, 2.75) is 70.0 Å². The molecule has 1 aliphatic heterocycles. The van der Waals surface area contributed by atoms with Gasteiger partial charge in [0.2, 0.25) is 5.91 Å². The molecule has 1 aliphatic rings. The number of nitrogen functional groups attached to an aromatic ring is 1. The van der Waals surface area contributed by atoms with Crippen LogP contribution in [0.5, 0.6) is 0 Å². The normalized spacial score (nSPS) is 17.3. The number of nitrogens with one attached hydrogen (secondary N) is 2. The molecule has 1 aromatic rings. The fourth-order valence-electron chi connectivity index (χ4n) is 3.83. The molecule has 0 spiro atoms. The van der Waals surface area contributed by atoms with Crippen LogP contribution < -0.4 is 22.1 Å². The number of aromatic nitrogens is 2. The van der Waals surface area contributed by atoms with Gasteiger partial charge in [-0.2, -0.15) is 4.98 Å². The standard InChI is InChI=1S/C33H47N5O5S/c1-2-3-4-5-6-7-8-9-10-11-12-13-14-15-16-17-18-19-20-21-29(39)35-23-24-36-33(41)42-26-31-43-30(27-44-31)38-25-22-28(34)37-32(38)40/h3-4,6-7,9-10,12-13,15-16,18-19,22,25,30-31H,2,5,8,11,14,17,20-21,23-24,26-27H2,1H3,(H,35,39)(H,36,41)(H2,34,37,40)/b4-3-,7-6-,10-9-,13-12-,16-15-,19-18-/t30-,31+/m0/s1. The van der Waals surface area contributed by atoms with Gasteiger partial charge < -0.3 is 25.8 Å². The molecule has 1 aromatic heterocycles. The number of thioether (sulfide) groups is 1. The predicted molar refractivity (Wildman–Crippen MR) is 179 cm³/mol. The van der Waals surface area contributed by atoms with Crippen LogP contribution in [0.2, 0.25) is 0 Å². The number of rotatable bonds is 20. The maximum atomic E-state index is 12.0. The number of anilines is 1. The summed E-state index contributed by atoms with van der Waals surface area (Å²) in [6, 6.07) is 1.52. The summed E-state index contributed by atoms with van der Waals surface area (Å²) < 4.78 is 12.3. The minimum Gasteiger partial charge on any atom is -0.446 e. The number of nitrogens with two attached hydrogens (primary N) is 1. The van der Waals surface area contributed by atoms with E-state index in [9.17, 15) is 14.4 Å². The molecular weight excluding hydrogens is 578 g/mol. The summed E-state index contributed by atoms with van der Waals surface area (Å²) in [6.45, 7) is 2.73. The summed E-state index contributed by atoms with van der Waals surface area (Å²) in [4.78, 5) is 39.5. The molecule has 1 fully saturated rings. The van der Waals surface area contributed by atoms with Gasteiger partial charge in [-0.05, 0) is 51.0 Å². The molecule has 11 heteroatoms. The summed E-state index contributed by atoms with van der Waals surface area (Å²) in [5.74, 6) is 0.592. The van der Waals surface area contributed by atoms with Gasteiger partial charge in [0.15, 0.2) is 0 Å².